The van der Waals surface area contributed by atoms with Crippen LogP contribution in [0.3, 0.4) is 0 Å². The van der Waals surface area contributed by atoms with Crippen molar-refractivity contribution in [2.45, 2.75) is 0 Å². The predicted molar refractivity (Wildman–Crippen MR) is 260 cm³/mol. The minimum Gasteiger partial charge on any atom is -0.309 e. The highest BCUT2D eigenvalue weighted by molar-refractivity contribution is 7.25. The van der Waals surface area contributed by atoms with Gasteiger partial charge in [-0.2, -0.15) is 0 Å². The lowest BCUT2D eigenvalue weighted by molar-refractivity contribution is 1.07. The molecule has 0 aliphatic carbocycles. The molecule has 12 aromatic rings. The largest absolute Gasteiger partial charge is 0.309 e. The number of aromatic nitrogens is 4. The van der Waals surface area contributed by atoms with Gasteiger partial charge < -0.3 is 4.57 Å². The van der Waals surface area contributed by atoms with E-state index >= 15 is 0 Å². The number of thiophene rings is 1. The molecule has 0 radical (unpaired) electrons. The summed E-state index contributed by atoms with van der Waals surface area (Å²) in [7, 11) is 0. The lowest BCUT2D eigenvalue weighted by atomic mass is 9.93. The van der Waals surface area contributed by atoms with Crippen molar-refractivity contribution in [1.29, 1.82) is 0 Å². The Balaban J connectivity index is 0.969. The molecule has 0 spiro atoms. The molecule has 0 unspecified atom stereocenters. The fraction of sp³-hybridized carbons (Fsp3) is 0. The lowest BCUT2D eigenvalue weighted by Crippen LogP contribution is -2.00. The van der Waals surface area contributed by atoms with E-state index in [0.717, 1.165) is 33.5 Å². The van der Waals surface area contributed by atoms with E-state index in [4.69, 9.17) is 15.0 Å². The number of benzene rings is 9. The van der Waals surface area contributed by atoms with Gasteiger partial charge in [0.15, 0.2) is 17.5 Å². The summed E-state index contributed by atoms with van der Waals surface area (Å²) in [6.07, 6.45) is 0. The van der Waals surface area contributed by atoms with E-state index in [1.54, 1.807) is 0 Å². The number of hydrogen-bond acceptors (Lipinski definition) is 4. The Kier molecular flexibility index (Phi) is 8.65. The Morgan fingerprint density at radius 2 is 0.806 bits per heavy atom. The topological polar surface area (TPSA) is 43.6 Å². The van der Waals surface area contributed by atoms with Crippen LogP contribution in [0.25, 0.3) is 115 Å². The standard InChI is InChI=1S/C57H36N4S/c1-4-16-37(17-5-1)39-20-14-21-41(34-39)56-58-55(38-18-6-2-7-19-38)59-57(60-56)42-31-33-48-47-32-30-40(35-52(47)62-53(48)36-42)44-24-10-11-25-45(44)49-27-15-28-50-46-26-12-13-29-51(46)61(54(49)50)43-22-8-3-9-23-43/h1-36H. The van der Waals surface area contributed by atoms with Crippen molar-refractivity contribution in [3.05, 3.63) is 218 Å². The minimum absolute atomic E-state index is 0.645. The predicted octanol–water partition coefficient (Wildman–Crippen LogP) is 15.3. The van der Waals surface area contributed by atoms with Crippen LogP contribution in [0.2, 0.25) is 0 Å². The summed E-state index contributed by atoms with van der Waals surface area (Å²) in [6, 6.07) is 77.6. The van der Waals surface area contributed by atoms with Gasteiger partial charge in [-0.25, -0.2) is 15.0 Å². The first-order valence-corrected chi connectivity index (χ1v) is 21.7. The van der Waals surface area contributed by atoms with Gasteiger partial charge in [-0.15, -0.1) is 11.3 Å². The Labute approximate surface area is 362 Å². The van der Waals surface area contributed by atoms with Gasteiger partial charge in [-0.05, 0) is 64.2 Å². The maximum absolute atomic E-state index is 5.13. The van der Waals surface area contributed by atoms with E-state index in [1.165, 1.54) is 64.2 Å². The molecule has 0 bridgehead atoms. The third-order valence-corrected chi connectivity index (χ3v) is 13.0. The highest BCUT2D eigenvalue weighted by atomic mass is 32.1. The molecule has 0 amide bonds. The number of hydrogen-bond donors (Lipinski definition) is 0. The molecule has 0 aliphatic heterocycles. The molecule has 12 rings (SSSR count). The Morgan fingerprint density at radius 3 is 1.55 bits per heavy atom. The third kappa shape index (κ3) is 6.18. The second-order valence-corrected chi connectivity index (χ2v) is 16.7. The Morgan fingerprint density at radius 1 is 0.306 bits per heavy atom. The van der Waals surface area contributed by atoms with Crippen LogP contribution in [0.4, 0.5) is 0 Å². The van der Waals surface area contributed by atoms with Gasteiger partial charge in [0.1, 0.15) is 0 Å². The Hall–Kier alpha value is -7.99. The van der Waals surface area contributed by atoms with Crippen molar-refractivity contribution in [1.82, 2.24) is 19.5 Å². The van der Waals surface area contributed by atoms with Gasteiger partial charge >= 0.3 is 0 Å². The van der Waals surface area contributed by atoms with E-state index < -0.39 is 0 Å². The zero-order valence-electron chi connectivity index (χ0n) is 33.5. The summed E-state index contributed by atoms with van der Waals surface area (Å²) < 4.78 is 4.85. The van der Waals surface area contributed by atoms with Crippen LogP contribution in [-0.2, 0) is 0 Å². The summed E-state index contributed by atoms with van der Waals surface area (Å²) in [6.45, 7) is 0. The normalized spacial score (nSPS) is 11.5. The second kappa shape index (κ2) is 14.9. The quantitative estimate of drug-likeness (QED) is 0.161. The molecule has 0 N–H and O–H groups in total. The van der Waals surface area contributed by atoms with Crippen molar-refractivity contribution in [2.75, 3.05) is 0 Å². The summed E-state index contributed by atoms with van der Waals surface area (Å²) in [5.74, 6) is 1.94. The van der Waals surface area contributed by atoms with E-state index in [2.05, 4.69) is 199 Å². The zero-order chi connectivity index (χ0) is 41.0. The molecule has 0 aliphatic rings. The zero-order valence-corrected chi connectivity index (χ0v) is 34.3. The molecule has 62 heavy (non-hydrogen) atoms. The molecule has 0 atom stereocenters. The summed E-state index contributed by atoms with van der Waals surface area (Å²) in [5.41, 5.74) is 13.5. The molecule has 3 heterocycles. The smallest absolute Gasteiger partial charge is 0.164 e. The fourth-order valence-corrected chi connectivity index (χ4v) is 10.1. The average molecular weight is 809 g/mol. The van der Waals surface area contributed by atoms with Gasteiger partial charge in [0.25, 0.3) is 0 Å². The van der Waals surface area contributed by atoms with E-state index in [0.29, 0.717) is 17.5 Å². The summed E-state index contributed by atoms with van der Waals surface area (Å²) >= 11 is 1.81. The minimum atomic E-state index is 0.645. The number of nitrogens with zero attached hydrogens (tertiary/aromatic N) is 4. The van der Waals surface area contributed by atoms with Crippen molar-refractivity contribution in [2.24, 2.45) is 0 Å². The molecule has 5 heteroatoms. The maximum Gasteiger partial charge on any atom is 0.164 e. The van der Waals surface area contributed by atoms with Gasteiger partial charge in [0.05, 0.1) is 11.0 Å². The first kappa shape index (κ1) is 35.9. The second-order valence-electron chi connectivity index (χ2n) is 15.6. The van der Waals surface area contributed by atoms with Crippen LogP contribution in [0.15, 0.2) is 218 Å². The number of para-hydroxylation sites is 3. The van der Waals surface area contributed by atoms with Crippen LogP contribution in [-0.4, -0.2) is 19.5 Å². The SMILES string of the molecule is c1ccc(-c2cccc(-c3nc(-c4ccccc4)nc(-c4ccc5c(c4)sc4cc(-c6ccccc6-c6cccc7c8ccccc8n(-c8ccccc8)c67)ccc45)n3)c2)cc1. The van der Waals surface area contributed by atoms with Crippen LogP contribution < -0.4 is 0 Å². The van der Waals surface area contributed by atoms with Crippen LogP contribution in [0, 0.1) is 0 Å². The average Bonchev–Trinajstić information content (AvgIpc) is 3.90. The number of fused-ring (bicyclic) bond motifs is 6. The molecule has 4 nitrogen and oxygen atoms in total. The van der Waals surface area contributed by atoms with E-state index in [-0.39, 0.29) is 0 Å². The van der Waals surface area contributed by atoms with Crippen molar-refractivity contribution in [3.8, 4) is 73.2 Å². The summed E-state index contributed by atoms with van der Waals surface area (Å²) in [4.78, 5) is 15.2. The molecular formula is C57H36N4S. The molecule has 9 aromatic carbocycles. The Bertz CT molecular complexity index is 3630. The van der Waals surface area contributed by atoms with Crippen molar-refractivity contribution in [3.63, 3.8) is 0 Å². The van der Waals surface area contributed by atoms with E-state index in [1.807, 2.05) is 35.6 Å². The first-order chi connectivity index (χ1) is 30.7. The van der Waals surface area contributed by atoms with Crippen molar-refractivity contribution < 1.29 is 0 Å². The molecule has 0 fully saturated rings. The van der Waals surface area contributed by atoms with E-state index in [9.17, 15) is 0 Å². The van der Waals surface area contributed by atoms with Gasteiger partial charge in [0, 0.05) is 58.9 Å². The third-order valence-electron chi connectivity index (χ3n) is 11.9. The van der Waals surface area contributed by atoms with Crippen LogP contribution in [0.1, 0.15) is 0 Å². The summed E-state index contributed by atoms with van der Waals surface area (Å²) in [5, 5.41) is 4.95. The van der Waals surface area contributed by atoms with Crippen molar-refractivity contribution >= 4 is 53.3 Å². The maximum atomic E-state index is 5.13. The molecule has 0 saturated heterocycles. The molecular weight excluding hydrogens is 773 g/mol. The van der Waals surface area contributed by atoms with Crippen LogP contribution >= 0.6 is 11.3 Å². The lowest BCUT2D eigenvalue weighted by Gasteiger charge is -2.15. The van der Waals surface area contributed by atoms with Gasteiger partial charge in [-0.1, -0.05) is 182 Å². The van der Waals surface area contributed by atoms with Gasteiger partial charge in [-0.3, -0.25) is 0 Å². The van der Waals surface area contributed by atoms with Crippen LogP contribution in [0.5, 0.6) is 0 Å². The monoisotopic (exact) mass is 808 g/mol. The van der Waals surface area contributed by atoms with Gasteiger partial charge in [0.2, 0.25) is 0 Å². The molecule has 290 valence electrons. The number of rotatable bonds is 7. The highest BCUT2D eigenvalue weighted by Gasteiger charge is 2.19. The first-order valence-electron chi connectivity index (χ1n) is 20.8. The fourth-order valence-electron chi connectivity index (χ4n) is 8.95. The molecule has 0 saturated carbocycles. The highest BCUT2D eigenvalue weighted by Crippen LogP contribution is 2.43. The molecule has 3 aromatic heterocycles.